The van der Waals surface area contributed by atoms with Gasteiger partial charge in [-0.2, -0.15) is 5.26 Å². The van der Waals surface area contributed by atoms with Crippen LogP contribution in [-0.2, 0) is 6.54 Å². The quantitative estimate of drug-likeness (QED) is 0.891. The fourth-order valence-electron chi connectivity index (χ4n) is 2.18. The summed E-state index contributed by atoms with van der Waals surface area (Å²) in [6.45, 7) is 2.55. The molecule has 1 N–H and O–H groups in total. The zero-order valence-electron chi connectivity index (χ0n) is 11.4. The summed E-state index contributed by atoms with van der Waals surface area (Å²) in [5.41, 5.74) is 2.13. The molecule has 0 saturated carbocycles. The largest absolute Gasteiger partial charge is 0.306 e. The van der Waals surface area contributed by atoms with Gasteiger partial charge in [0.2, 0.25) is 0 Å². The Morgan fingerprint density at radius 2 is 1.95 bits per heavy atom. The number of nitrogens with one attached hydrogen (secondary N) is 1. The maximum absolute atomic E-state index is 13.8. The molecule has 0 aliphatic heterocycles. The maximum Gasteiger partial charge on any atom is 0.129 e. The average molecular weight is 268 g/mol. The minimum Gasteiger partial charge on any atom is -0.306 e. The van der Waals surface area contributed by atoms with Gasteiger partial charge in [0.15, 0.2) is 0 Å². The molecule has 0 fully saturated rings. The Kier molecular flexibility index (Phi) is 4.86. The Balaban J connectivity index is 2.06. The van der Waals surface area contributed by atoms with E-state index in [-0.39, 0.29) is 11.9 Å². The van der Waals surface area contributed by atoms with Gasteiger partial charge in [0.25, 0.3) is 0 Å². The van der Waals surface area contributed by atoms with E-state index in [0.29, 0.717) is 17.7 Å². The summed E-state index contributed by atoms with van der Waals surface area (Å²) in [6.07, 6.45) is 0.932. The van der Waals surface area contributed by atoms with E-state index in [1.54, 1.807) is 12.1 Å². The lowest BCUT2D eigenvalue weighted by molar-refractivity contribution is 0.504. The van der Waals surface area contributed by atoms with Gasteiger partial charge in [-0.1, -0.05) is 43.3 Å². The molecule has 3 heteroatoms. The van der Waals surface area contributed by atoms with Crippen LogP contribution in [0.15, 0.2) is 48.5 Å². The van der Waals surface area contributed by atoms with E-state index in [9.17, 15) is 4.39 Å². The Morgan fingerprint density at radius 3 is 2.55 bits per heavy atom. The smallest absolute Gasteiger partial charge is 0.129 e. The molecular weight excluding hydrogens is 251 g/mol. The third-order valence-corrected chi connectivity index (χ3v) is 3.33. The molecule has 0 aliphatic carbocycles. The van der Waals surface area contributed by atoms with E-state index in [2.05, 4.69) is 24.4 Å². The first-order chi connectivity index (χ1) is 9.74. The highest BCUT2D eigenvalue weighted by Gasteiger charge is 2.10. The molecule has 1 atom stereocenters. The van der Waals surface area contributed by atoms with Crippen molar-refractivity contribution >= 4 is 0 Å². The van der Waals surface area contributed by atoms with Gasteiger partial charge >= 0.3 is 0 Å². The molecule has 2 aromatic carbocycles. The van der Waals surface area contributed by atoms with Gasteiger partial charge in [0.1, 0.15) is 5.82 Å². The van der Waals surface area contributed by atoms with Crippen molar-refractivity contribution in [1.29, 1.82) is 5.26 Å². The van der Waals surface area contributed by atoms with Crippen molar-refractivity contribution in [2.75, 3.05) is 0 Å². The summed E-state index contributed by atoms with van der Waals surface area (Å²) in [6, 6.07) is 16.8. The fraction of sp³-hybridized carbons (Fsp3) is 0.235. The Hall–Kier alpha value is -2.18. The minimum atomic E-state index is -0.334. The van der Waals surface area contributed by atoms with Gasteiger partial charge in [0.05, 0.1) is 11.6 Å². The van der Waals surface area contributed by atoms with Crippen molar-refractivity contribution in [3.05, 3.63) is 71.0 Å². The Bertz CT molecular complexity index is 602. The summed E-state index contributed by atoms with van der Waals surface area (Å²) in [7, 11) is 0. The molecule has 0 spiro atoms. The zero-order valence-corrected chi connectivity index (χ0v) is 11.4. The van der Waals surface area contributed by atoms with Gasteiger partial charge in [-0.05, 0) is 24.1 Å². The topological polar surface area (TPSA) is 35.8 Å². The second-order valence-corrected chi connectivity index (χ2v) is 4.67. The number of benzene rings is 2. The van der Waals surface area contributed by atoms with E-state index in [0.717, 1.165) is 6.42 Å². The van der Waals surface area contributed by atoms with Crippen LogP contribution in [0.5, 0.6) is 0 Å². The van der Waals surface area contributed by atoms with Crippen LogP contribution in [0.2, 0.25) is 0 Å². The highest BCUT2D eigenvalue weighted by atomic mass is 19.1. The monoisotopic (exact) mass is 268 g/mol. The van der Waals surface area contributed by atoms with Crippen molar-refractivity contribution in [1.82, 2.24) is 5.32 Å². The van der Waals surface area contributed by atoms with E-state index in [4.69, 9.17) is 5.26 Å². The van der Waals surface area contributed by atoms with Crippen LogP contribution in [0.4, 0.5) is 4.39 Å². The summed E-state index contributed by atoms with van der Waals surface area (Å²) in [5.74, 6) is -0.334. The lowest BCUT2D eigenvalue weighted by atomic mass is 10.0. The predicted octanol–water partition coefficient (Wildman–Crippen LogP) is 3.94. The lowest BCUT2D eigenvalue weighted by Crippen LogP contribution is -2.20. The van der Waals surface area contributed by atoms with Crippen molar-refractivity contribution in [3.63, 3.8) is 0 Å². The molecule has 0 heterocycles. The van der Waals surface area contributed by atoms with Crippen LogP contribution < -0.4 is 5.32 Å². The van der Waals surface area contributed by atoms with E-state index >= 15 is 0 Å². The fourth-order valence-corrected chi connectivity index (χ4v) is 2.18. The van der Waals surface area contributed by atoms with Crippen molar-refractivity contribution < 1.29 is 4.39 Å². The van der Waals surface area contributed by atoms with Crippen LogP contribution in [0, 0.1) is 17.1 Å². The number of hydrogen-bond donors (Lipinski definition) is 1. The summed E-state index contributed by atoms with van der Waals surface area (Å²) in [4.78, 5) is 0. The number of nitriles is 1. The van der Waals surface area contributed by atoms with Crippen LogP contribution in [0.1, 0.15) is 36.1 Å². The first-order valence-corrected chi connectivity index (χ1v) is 6.71. The predicted molar refractivity (Wildman–Crippen MR) is 77.4 cm³/mol. The van der Waals surface area contributed by atoms with Crippen LogP contribution in [0.25, 0.3) is 0 Å². The number of nitrogens with zero attached hydrogens (tertiary/aromatic N) is 1. The Morgan fingerprint density at radius 1 is 1.20 bits per heavy atom. The molecule has 0 aliphatic rings. The van der Waals surface area contributed by atoms with Gasteiger partial charge in [-0.25, -0.2) is 4.39 Å². The molecule has 1 unspecified atom stereocenters. The third-order valence-electron chi connectivity index (χ3n) is 3.33. The molecule has 2 nitrogen and oxygen atoms in total. The molecule has 0 aromatic heterocycles. The molecule has 20 heavy (non-hydrogen) atoms. The number of hydrogen-bond acceptors (Lipinski definition) is 2. The highest BCUT2D eigenvalue weighted by molar-refractivity contribution is 5.33. The van der Waals surface area contributed by atoms with Gasteiger partial charge < -0.3 is 5.32 Å². The second-order valence-electron chi connectivity index (χ2n) is 4.67. The zero-order chi connectivity index (χ0) is 14.4. The standard InChI is InChI=1S/C17H17FN2/c1-2-17(14-6-4-3-5-7-14)20-12-15-9-8-13(11-19)10-16(15)18/h3-10,17,20H,2,12H2,1H3. The van der Waals surface area contributed by atoms with Crippen LogP contribution in [0.3, 0.4) is 0 Å². The molecule has 2 aromatic rings. The second kappa shape index (κ2) is 6.83. The molecular formula is C17H17FN2. The first-order valence-electron chi connectivity index (χ1n) is 6.71. The molecule has 102 valence electrons. The van der Waals surface area contributed by atoms with E-state index < -0.39 is 0 Å². The summed E-state index contributed by atoms with van der Waals surface area (Å²) >= 11 is 0. The normalized spacial score (nSPS) is 11.8. The third kappa shape index (κ3) is 3.43. The highest BCUT2D eigenvalue weighted by Crippen LogP contribution is 2.17. The first kappa shape index (κ1) is 14.2. The van der Waals surface area contributed by atoms with Gasteiger partial charge in [0, 0.05) is 18.2 Å². The molecule has 0 amide bonds. The maximum atomic E-state index is 13.8. The molecule has 0 radical (unpaired) electrons. The number of rotatable bonds is 5. The average Bonchev–Trinajstić information content (AvgIpc) is 2.50. The molecule has 0 saturated heterocycles. The van der Waals surface area contributed by atoms with Crippen LogP contribution >= 0.6 is 0 Å². The van der Waals surface area contributed by atoms with E-state index in [1.807, 2.05) is 24.3 Å². The van der Waals surface area contributed by atoms with Gasteiger partial charge in [-0.3, -0.25) is 0 Å². The molecule has 0 bridgehead atoms. The summed E-state index contributed by atoms with van der Waals surface area (Å²) < 4.78 is 13.8. The van der Waals surface area contributed by atoms with Crippen molar-refractivity contribution in [2.45, 2.75) is 25.9 Å². The van der Waals surface area contributed by atoms with Crippen LogP contribution in [-0.4, -0.2) is 0 Å². The van der Waals surface area contributed by atoms with Crippen molar-refractivity contribution in [3.8, 4) is 6.07 Å². The molecule has 2 rings (SSSR count). The van der Waals surface area contributed by atoms with Crippen molar-refractivity contribution in [2.24, 2.45) is 0 Å². The van der Waals surface area contributed by atoms with E-state index in [1.165, 1.54) is 11.6 Å². The van der Waals surface area contributed by atoms with Gasteiger partial charge in [-0.15, -0.1) is 0 Å². The lowest BCUT2D eigenvalue weighted by Gasteiger charge is -2.17. The SMILES string of the molecule is CCC(NCc1ccc(C#N)cc1F)c1ccccc1. The number of halogens is 1. The summed E-state index contributed by atoms with van der Waals surface area (Å²) in [5, 5.41) is 12.1. The Labute approximate surface area is 118 Å². The minimum absolute atomic E-state index is 0.200.